The van der Waals surface area contributed by atoms with E-state index in [0.29, 0.717) is 18.1 Å². The zero-order valence-corrected chi connectivity index (χ0v) is 20.6. The highest BCUT2D eigenvalue weighted by atomic mass is 32.2. The number of ether oxygens (including phenoxy) is 2. The third kappa shape index (κ3) is 6.83. The molecule has 2 aromatic carbocycles. The maximum absolute atomic E-state index is 12.6. The number of carboxylic acids is 1. The molecule has 1 fully saturated rings. The van der Waals surface area contributed by atoms with Gasteiger partial charge in [0.25, 0.3) is 5.91 Å². The normalized spacial score (nSPS) is 16.5. The smallest absolute Gasteiger partial charge is 0.323 e. The molecule has 0 bridgehead atoms. The Hall–Kier alpha value is -3.36. The first kappa shape index (κ1) is 24.8. The minimum absolute atomic E-state index is 0.240. The summed E-state index contributed by atoms with van der Waals surface area (Å²) in [7, 11) is 0. The summed E-state index contributed by atoms with van der Waals surface area (Å²) in [5.41, 5.74) is 2.83. The molecule has 6 nitrogen and oxygen atoms in total. The molecule has 0 unspecified atom stereocenters. The number of carboxylic acid groups (broad SMARTS) is 1. The molecule has 1 amide bonds. The zero-order chi connectivity index (χ0) is 24.6. The molecule has 0 radical (unpaired) electrons. The first-order chi connectivity index (χ1) is 17.0. The number of nitrogens with zero attached hydrogens (tertiary/aromatic N) is 1. The van der Waals surface area contributed by atoms with Gasteiger partial charge in [-0.1, -0.05) is 66.5 Å². The lowest BCUT2D eigenvalue weighted by atomic mass is 10.1. The number of carbonyl (C=O) groups is 2. The average Bonchev–Trinajstić information content (AvgIpc) is 3.12. The number of amides is 1. The summed E-state index contributed by atoms with van der Waals surface area (Å²) < 4.78 is 12.3. The van der Waals surface area contributed by atoms with E-state index in [2.05, 4.69) is 24.3 Å². The molecular formula is C27H25NO5S2. The average molecular weight is 508 g/mol. The SMILES string of the molecule is O=C(O)CN1C(=O)/C(=C/c2ccc(OCCc3ccccc3)c(COC3=CCCC=C3)c2)SC1=S. The van der Waals surface area contributed by atoms with Crippen molar-refractivity contribution in [3.05, 3.63) is 94.1 Å². The number of hydrogen-bond acceptors (Lipinski definition) is 6. The van der Waals surface area contributed by atoms with E-state index in [1.165, 1.54) is 5.56 Å². The zero-order valence-electron chi connectivity index (χ0n) is 19.0. The quantitative estimate of drug-likeness (QED) is 0.343. The van der Waals surface area contributed by atoms with Gasteiger partial charge in [0.1, 0.15) is 29.0 Å². The highest BCUT2D eigenvalue weighted by Gasteiger charge is 2.33. The Labute approximate surface area is 213 Å². The highest BCUT2D eigenvalue weighted by molar-refractivity contribution is 8.26. The lowest BCUT2D eigenvalue weighted by molar-refractivity contribution is -0.140. The van der Waals surface area contributed by atoms with Crippen LogP contribution in [0.25, 0.3) is 6.08 Å². The highest BCUT2D eigenvalue weighted by Crippen LogP contribution is 2.33. The van der Waals surface area contributed by atoms with E-state index in [1.54, 1.807) is 6.08 Å². The first-order valence-corrected chi connectivity index (χ1v) is 12.5. The number of benzene rings is 2. The first-order valence-electron chi connectivity index (χ1n) is 11.3. The van der Waals surface area contributed by atoms with Crippen molar-refractivity contribution in [2.75, 3.05) is 13.2 Å². The molecule has 0 spiro atoms. The predicted molar refractivity (Wildman–Crippen MR) is 141 cm³/mol. The van der Waals surface area contributed by atoms with E-state index in [9.17, 15) is 9.59 Å². The molecule has 0 saturated carbocycles. The number of thiocarbonyl (C=S) groups is 1. The van der Waals surface area contributed by atoms with Gasteiger partial charge in [-0.2, -0.15) is 0 Å². The summed E-state index contributed by atoms with van der Waals surface area (Å²) in [6.07, 6.45) is 10.6. The van der Waals surface area contributed by atoms with Crippen LogP contribution in [-0.2, 0) is 27.4 Å². The van der Waals surface area contributed by atoms with Crippen LogP contribution in [0, 0.1) is 0 Å². The molecule has 1 aliphatic heterocycles. The van der Waals surface area contributed by atoms with Gasteiger partial charge in [-0.25, -0.2) is 0 Å². The molecule has 0 atom stereocenters. The minimum atomic E-state index is -1.11. The van der Waals surface area contributed by atoms with Crippen LogP contribution < -0.4 is 4.74 Å². The fourth-order valence-electron chi connectivity index (χ4n) is 3.65. The monoisotopic (exact) mass is 507 g/mol. The molecular weight excluding hydrogens is 482 g/mol. The Kier molecular flexibility index (Phi) is 8.39. The molecule has 1 heterocycles. The van der Waals surface area contributed by atoms with Crippen LogP contribution in [0.1, 0.15) is 29.5 Å². The van der Waals surface area contributed by atoms with E-state index in [1.807, 2.05) is 42.5 Å². The van der Waals surface area contributed by atoms with Crippen LogP contribution in [0.4, 0.5) is 0 Å². The van der Waals surface area contributed by atoms with Crippen LogP contribution in [0.15, 0.2) is 77.4 Å². The summed E-state index contributed by atoms with van der Waals surface area (Å²) in [5.74, 6) is 0.0364. The molecule has 4 rings (SSSR count). The van der Waals surface area contributed by atoms with E-state index in [4.69, 9.17) is 26.8 Å². The summed E-state index contributed by atoms with van der Waals surface area (Å²) in [6.45, 7) is 0.392. The summed E-state index contributed by atoms with van der Waals surface area (Å²) in [6, 6.07) is 15.8. The molecule has 1 saturated heterocycles. The van der Waals surface area contributed by atoms with Crippen molar-refractivity contribution in [3.63, 3.8) is 0 Å². The predicted octanol–water partition coefficient (Wildman–Crippen LogP) is 5.34. The van der Waals surface area contributed by atoms with Crippen molar-refractivity contribution in [1.82, 2.24) is 4.90 Å². The van der Waals surface area contributed by atoms with Gasteiger partial charge in [-0.15, -0.1) is 0 Å². The van der Waals surface area contributed by atoms with Gasteiger partial charge in [0, 0.05) is 12.0 Å². The number of hydrogen-bond donors (Lipinski definition) is 1. The van der Waals surface area contributed by atoms with Gasteiger partial charge >= 0.3 is 5.97 Å². The fraction of sp³-hybridized carbons (Fsp3) is 0.222. The van der Waals surface area contributed by atoms with Crippen LogP contribution >= 0.6 is 24.0 Å². The summed E-state index contributed by atoms with van der Waals surface area (Å²) in [4.78, 5) is 25.2. The van der Waals surface area contributed by atoms with E-state index in [0.717, 1.165) is 58.6 Å². The second-order valence-corrected chi connectivity index (χ2v) is 9.66. The summed E-state index contributed by atoms with van der Waals surface area (Å²) in [5, 5.41) is 9.04. The van der Waals surface area contributed by atoms with E-state index < -0.39 is 18.4 Å². The number of aliphatic carboxylic acids is 1. The molecule has 180 valence electrons. The van der Waals surface area contributed by atoms with Crippen molar-refractivity contribution >= 4 is 46.3 Å². The fourth-order valence-corrected chi connectivity index (χ4v) is 4.90. The van der Waals surface area contributed by atoms with Gasteiger partial charge in [0.15, 0.2) is 0 Å². The number of thioether (sulfide) groups is 1. The third-order valence-electron chi connectivity index (χ3n) is 5.40. The van der Waals surface area contributed by atoms with Gasteiger partial charge < -0.3 is 14.6 Å². The largest absolute Gasteiger partial charge is 0.493 e. The van der Waals surface area contributed by atoms with Gasteiger partial charge in [-0.3, -0.25) is 14.5 Å². The molecule has 1 aliphatic carbocycles. The third-order valence-corrected chi connectivity index (χ3v) is 6.77. The van der Waals surface area contributed by atoms with E-state index >= 15 is 0 Å². The van der Waals surface area contributed by atoms with Crippen LogP contribution in [-0.4, -0.2) is 39.4 Å². The molecule has 1 N–H and O–H groups in total. The molecule has 8 heteroatoms. The standard InChI is InChI=1S/C27H25NO5S2/c29-25(30)17-28-26(31)24(35-27(28)34)16-20-11-12-23(32-14-13-19-7-3-1-4-8-19)21(15-20)18-33-22-9-5-2-6-10-22/h1,3-5,7-12,15-16H,2,6,13-14,17-18H2,(H,29,30)/b24-16-. The van der Waals surface area contributed by atoms with Crippen molar-refractivity contribution in [3.8, 4) is 5.75 Å². The van der Waals surface area contributed by atoms with Crippen molar-refractivity contribution in [1.29, 1.82) is 0 Å². The Morgan fingerprint density at radius 1 is 1.14 bits per heavy atom. The Morgan fingerprint density at radius 3 is 2.71 bits per heavy atom. The number of carbonyl (C=O) groups excluding carboxylic acids is 1. The second kappa shape index (κ2) is 11.9. The minimum Gasteiger partial charge on any atom is -0.493 e. The topological polar surface area (TPSA) is 76.1 Å². The number of allylic oxidation sites excluding steroid dienone is 3. The Morgan fingerprint density at radius 2 is 1.97 bits per heavy atom. The maximum atomic E-state index is 12.6. The van der Waals surface area contributed by atoms with Crippen LogP contribution in [0.3, 0.4) is 0 Å². The lowest BCUT2D eigenvalue weighted by Gasteiger charge is -2.15. The second-order valence-electron chi connectivity index (χ2n) is 7.99. The lowest BCUT2D eigenvalue weighted by Crippen LogP contribution is -2.33. The van der Waals surface area contributed by atoms with Crippen LogP contribution in [0.2, 0.25) is 0 Å². The molecule has 2 aromatic rings. The van der Waals surface area contributed by atoms with Crippen molar-refractivity contribution in [2.24, 2.45) is 0 Å². The number of rotatable bonds is 10. The van der Waals surface area contributed by atoms with Crippen molar-refractivity contribution in [2.45, 2.75) is 25.9 Å². The Bertz CT molecular complexity index is 1200. The maximum Gasteiger partial charge on any atom is 0.323 e. The van der Waals surface area contributed by atoms with Crippen LogP contribution in [0.5, 0.6) is 5.75 Å². The summed E-state index contributed by atoms with van der Waals surface area (Å²) >= 11 is 6.29. The van der Waals surface area contributed by atoms with Gasteiger partial charge in [-0.05, 0) is 54.3 Å². The van der Waals surface area contributed by atoms with E-state index in [-0.39, 0.29) is 4.32 Å². The molecule has 35 heavy (non-hydrogen) atoms. The molecule has 2 aliphatic rings. The van der Waals surface area contributed by atoms with Gasteiger partial charge in [0.05, 0.1) is 11.5 Å². The van der Waals surface area contributed by atoms with Crippen molar-refractivity contribution < 1.29 is 24.2 Å². The molecule has 0 aromatic heterocycles. The Balaban J connectivity index is 1.52. The van der Waals surface area contributed by atoms with Gasteiger partial charge in [0.2, 0.25) is 0 Å².